The van der Waals surface area contributed by atoms with Gasteiger partial charge in [-0.15, -0.1) is 0 Å². The fraction of sp³-hybridized carbons (Fsp3) is 0.500. The largest absolute Gasteiger partial charge is 0.481 e. The minimum absolute atomic E-state index is 0.00824. The van der Waals surface area contributed by atoms with Crippen LogP contribution in [0.15, 0.2) is 18.2 Å². The Morgan fingerprint density at radius 3 is 2.52 bits per heavy atom. The van der Waals surface area contributed by atoms with Gasteiger partial charge in [0.25, 0.3) is 0 Å². The highest BCUT2D eigenvalue weighted by atomic mass is 32.2. The van der Waals surface area contributed by atoms with Crippen molar-refractivity contribution >= 4 is 21.9 Å². The Balaban J connectivity index is 2.15. The molecule has 2 aromatic rings. The van der Waals surface area contributed by atoms with E-state index in [-0.39, 0.29) is 24.7 Å². The number of halogens is 1. The highest BCUT2D eigenvalue weighted by Crippen LogP contribution is 2.44. The van der Waals surface area contributed by atoms with Crippen molar-refractivity contribution < 1.29 is 32.9 Å². The minimum Gasteiger partial charge on any atom is -0.481 e. The number of fused-ring (bicyclic) bond motifs is 3. The Morgan fingerprint density at radius 2 is 1.94 bits per heavy atom. The Hall–Kier alpha value is -2.63. The monoisotopic (exact) mass is 481 g/mol. The topological polar surface area (TPSA) is 141 Å². The number of aromatic nitrogens is 2. The van der Waals surface area contributed by atoms with Gasteiger partial charge >= 0.3 is 5.97 Å². The van der Waals surface area contributed by atoms with Gasteiger partial charge in [-0.25, -0.2) is 27.1 Å². The Morgan fingerprint density at radius 1 is 1.27 bits per heavy atom. The zero-order chi connectivity index (χ0) is 24.7. The third-order valence-electron chi connectivity index (χ3n) is 5.83. The van der Waals surface area contributed by atoms with Crippen LogP contribution in [0.5, 0.6) is 0 Å². The molecule has 0 amide bonds. The van der Waals surface area contributed by atoms with E-state index in [1.165, 1.54) is 25.2 Å². The van der Waals surface area contributed by atoms with Gasteiger partial charge in [0, 0.05) is 30.5 Å². The number of aliphatic carboxylic acids is 1. The van der Waals surface area contributed by atoms with Crippen LogP contribution in [-0.2, 0) is 21.2 Å². The zero-order valence-electron chi connectivity index (χ0n) is 18.9. The van der Waals surface area contributed by atoms with Crippen molar-refractivity contribution in [3.8, 4) is 11.3 Å². The molecule has 9 nitrogen and oxygen atoms in total. The highest BCUT2D eigenvalue weighted by Gasteiger charge is 2.35. The van der Waals surface area contributed by atoms with Gasteiger partial charge in [0.2, 0.25) is 16.0 Å². The number of hydrogen-bond acceptors (Lipinski definition) is 7. The van der Waals surface area contributed by atoms with E-state index in [0.29, 0.717) is 28.1 Å². The molecule has 0 saturated heterocycles. The van der Waals surface area contributed by atoms with E-state index in [4.69, 9.17) is 5.11 Å². The van der Waals surface area contributed by atoms with Crippen molar-refractivity contribution in [3.63, 3.8) is 0 Å². The number of benzene rings is 1. The molecule has 0 bridgehead atoms. The maximum Gasteiger partial charge on any atom is 0.305 e. The summed E-state index contributed by atoms with van der Waals surface area (Å²) in [5.41, 5.74) is 2.75. The standard InChI is InChI=1S/C22H28FN3O6S/c1-11(2)20-17-10-16(18(28)8-13(27)9-19(29)30)15-7-12(23)5-6-14(15)21(17)25-22(24-20)26(3)33(4,31)32/h5-7,11,13,16,18,27-28H,8-10H2,1-4H3,(H,29,30)/t13-,16-,18-/m0/s1. The second-order valence-corrected chi connectivity index (χ2v) is 10.7. The van der Waals surface area contributed by atoms with Gasteiger partial charge in [0.05, 0.1) is 36.3 Å². The Kier molecular flexibility index (Phi) is 7.06. The second kappa shape index (κ2) is 9.32. The van der Waals surface area contributed by atoms with Crippen molar-refractivity contribution in [3.05, 3.63) is 40.8 Å². The number of rotatable bonds is 8. The molecule has 1 aromatic heterocycles. The lowest BCUT2D eigenvalue weighted by atomic mass is 9.75. The molecule has 3 atom stereocenters. The zero-order valence-corrected chi connectivity index (χ0v) is 19.7. The van der Waals surface area contributed by atoms with Crippen LogP contribution < -0.4 is 4.31 Å². The molecule has 1 aromatic carbocycles. The number of nitrogens with zero attached hydrogens (tertiary/aromatic N) is 3. The summed E-state index contributed by atoms with van der Waals surface area (Å²) in [7, 11) is -2.27. The van der Waals surface area contributed by atoms with Crippen LogP contribution in [0.3, 0.4) is 0 Å². The average molecular weight is 482 g/mol. The van der Waals surface area contributed by atoms with E-state index in [1.807, 2.05) is 13.8 Å². The lowest BCUT2D eigenvalue weighted by Gasteiger charge is -2.33. The molecule has 0 aliphatic heterocycles. The Bertz CT molecular complexity index is 1170. The molecular formula is C22H28FN3O6S. The molecule has 180 valence electrons. The fourth-order valence-corrected chi connectivity index (χ4v) is 4.52. The molecule has 3 rings (SSSR count). The number of carbonyl (C=O) groups is 1. The maximum absolute atomic E-state index is 14.2. The summed E-state index contributed by atoms with van der Waals surface area (Å²) in [5, 5.41) is 29.8. The number of aliphatic hydroxyl groups excluding tert-OH is 2. The summed E-state index contributed by atoms with van der Waals surface area (Å²) in [4.78, 5) is 19.9. The molecule has 0 spiro atoms. The molecule has 0 fully saturated rings. The molecular weight excluding hydrogens is 453 g/mol. The van der Waals surface area contributed by atoms with E-state index in [2.05, 4.69) is 9.97 Å². The summed E-state index contributed by atoms with van der Waals surface area (Å²) in [6.07, 6.45) is -1.85. The fourth-order valence-electron chi connectivity index (χ4n) is 4.14. The van der Waals surface area contributed by atoms with E-state index in [0.717, 1.165) is 10.6 Å². The summed E-state index contributed by atoms with van der Waals surface area (Å²) in [5.74, 6) is -2.46. The normalized spacial score (nSPS) is 17.3. The van der Waals surface area contributed by atoms with Crippen molar-refractivity contribution in [1.29, 1.82) is 0 Å². The molecule has 0 saturated carbocycles. The lowest BCUT2D eigenvalue weighted by molar-refractivity contribution is -0.139. The van der Waals surface area contributed by atoms with Crippen LogP contribution in [0, 0.1) is 5.82 Å². The van der Waals surface area contributed by atoms with Gasteiger partial charge in [-0.05, 0) is 36.1 Å². The first-order valence-corrected chi connectivity index (χ1v) is 12.4. The molecule has 0 radical (unpaired) electrons. The van der Waals surface area contributed by atoms with Crippen LogP contribution in [0.1, 0.15) is 55.3 Å². The van der Waals surface area contributed by atoms with Gasteiger partial charge in [-0.2, -0.15) is 0 Å². The average Bonchev–Trinajstić information content (AvgIpc) is 2.69. The van der Waals surface area contributed by atoms with E-state index >= 15 is 0 Å². The van der Waals surface area contributed by atoms with Crippen molar-refractivity contribution in [2.75, 3.05) is 17.6 Å². The van der Waals surface area contributed by atoms with Crippen LogP contribution in [0.25, 0.3) is 11.3 Å². The van der Waals surface area contributed by atoms with E-state index < -0.39 is 46.4 Å². The molecule has 0 unspecified atom stereocenters. The number of carboxylic acid groups (broad SMARTS) is 1. The molecule has 3 N–H and O–H groups in total. The van der Waals surface area contributed by atoms with E-state index in [9.17, 15) is 27.8 Å². The summed E-state index contributed by atoms with van der Waals surface area (Å²) < 4.78 is 39.3. The number of anilines is 1. The smallest absolute Gasteiger partial charge is 0.305 e. The Labute approximate surface area is 192 Å². The van der Waals surface area contributed by atoms with E-state index in [1.54, 1.807) is 0 Å². The summed E-state index contributed by atoms with van der Waals surface area (Å²) >= 11 is 0. The maximum atomic E-state index is 14.2. The van der Waals surface area contributed by atoms with Crippen LogP contribution in [0.2, 0.25) is 0 Å². The SMILES string of the molecule is CC(C)c1nc(N(C)S(C)(=O)=O)nc2c1C[C@H]([C@@H](O)C[C@H](O)CC(=O)O)c1cc(F)ccc1-2. The highest BCUT2D eigenvalue weighted by molar-refractivity contribution is 7.92. The van der Waals surface area contributed by atoms with Gasteiger partial charge in [-0.3, -0.25) is 4.79 Å². The summed E-state index contributed by atoms with van der Waals surface area (Å²) in [6.45, 7) is 3.80. The van der Waals surface area contributed by atoms with Gasteiger partial charge in [0.1, 0.15) is 5.82 Å². The molecule has 1 aliphatic carbocycles. The van der Waals surface area contributed by atoms with Gasteiger partial charge in [0.15, 0.2) is 0 Å². The van der Waals surface area contributed by atoms with Crippen LogP contribution in [0.4, 0.5) is 10.3 Å². The first-order valence-electron chi connectivity index (χ1n) is 10.5. The van der Waals surface area contributed by atoms with Gasteiger partial charge < -0.3 is 15.3 Å². The number of aliphatic hydroxyl groups is 2. The van der Waals surface area contributed by atoms with Crippen LogP contribution >= 0.6 is 0 Å². The third-order valence-corrected chi connectivity index (χ3v) is 6.99. The second-order valence-electron chi connectivity index (χ2n) is 8.72. The molecule has 33 heavy (non-hydrogen) atoms. The number of hydrogen-bond donors (Lipinski definition) is 3. The molecule has 11 heteroatoms. The first-order chi connectivity index (χ1) is 15.3. The van der Waals surface area contributed by atoms with Gasteiger partial charge in [-0.1, -0.05) is 13.8 Å². The minimum atomic E-state index is -3.62. The first kappa shape index (κ1) is 25.0. The summed E-state index contributed by atoms with van der Waals surface area (Å²) in [6, 6.07) is 4.07. The molecule has 1 heterocycles. The lowest BCUT2D eigenvalue weighted by Crippen LogP contribution is -2.31. The third kappa shape index (κ3) is 5.31. The number of carboxylic acids is 1. The quantitative estimate of drug-likeness (QED) is 0.520. The van der Waals surface area contributed by atoms with Crippen molar-refractivity contribution in [1.82, 2.24) is 9.97 Å². The number of sulfonamides is 1. The van der Waals surface area contributed by atoms with Crippen molar-refractivity contribution in [2.45, 2.75) is 57.2 Å². The molecule has 1 aliphatic rings. The predicted octanol–water partition coefficient (Wildman–Crippen LogP) is 2.03. The predicted molar refractivity (Wildman–Crippen MR) is 120 cm³/mol. The van der Waals surface area contributed by atoms with Crippen LogP contribution in [-0.4, -0.2) is 65.2 Å². The van der Waals surface area contributed by atoms with Crippen molar-refractivity contribution in [2.24, 2.45) is 0 Å².